The van der Waals surface area contributed by atoms with E-state index in [4.69, 9.17) is 37.0 Å². The molecule has 0 saturated heterocycles. The smallest absolute Gasteiger partial charge is 0.462 e. The van der Waals surface area contributed by atoms with Gasteiger partial charge < -0.3 is 33.8 Å². The number of aliphatic hydroxyl groups excluding tert-OH is 1. The van der Waals surface area contributed by atoms with Gasteiger partial charge in [-0.1, -0.05) is 324 Å². The van der Waals surface area contributed by atoms with Crippen LogP contribution in [0.15, 0.2) is 0 Å². The number of phosphoric ester groups is 2. The molecule has 0 spiro atoms. The van der Waals surface area contributed by atoms with Crippen LogP contribution < -0.4 is 0 Å². The molecular formula is C73H142O17P2. The van der Waals surface area contributed by atoms with Gasteiger partial charge in [-0.2, -0.15) is 0 Å². The van der Waals surface area contributed by atoms with Crippen LogP contribution in [-0.2, 0) is 65.4 Å². The number of ether oxygens (including phenoxy) is 4. The van der Waals surface area contributed by atoms with E-state index in [2.05, 4.69) is 41.5 Å². The summed E-state index contributed by atoms with van der Waals surface area (Å²) in [7, 11) is -9.90. The van der Waals surface area contributed by atoms with Crippen LogP contribution in [0, 0.1) is 11.8 Å². The van der Waals surface area contributed by atoms with Crippen LogP contribution in [0.5, 0.6) is 0 Å². The Morgan fingerprint density at radius 3 is 0.739 bits per heavy atom. The number of rotatable bonds is 72. The molecule has 2 unspecified atom stereocenters. The van der Waals surface area contributed by atoms with Crippen LogP contribution >= 0.6 is 15.6 Å². The Bertz CT molecular complexity index is 1790. The van der Waals surface area contributed by atoms with Gasteiger partial charge in [0, 0.05) is 25.7 Å². The van der Waals surface area contributed by atoms with Gasteiger partial charge in [0.25, 0.3) is 0 Å². The third-order valence-corrected chi connectivity index (χ3v) is 18.9. The highest BCUT2D eigenvalue weighted by molar-refractivity contribution is 7.47. The number of hydrogen-bond donors (Lipinski definition) is 3. The summed E-state index contributed by atoms with van der Waals surface area (Å²) >= 11 is 0. The van der Waals surface area contributed by atoms with Crippen molar-refractivity contribution in [1.82, 2.24) is 0 Å². The molecule has 5 atom stereocenters. The summed E-state index contributed by atoms with van der Waals surface area (Å²) in [6, 6.07) is 0. The molecule has 0 aliphatic heterocycles. The van der Waals surface area contributed by atoms with Gasteiger partial charge in [0.05, 0.1) is 26.4 Å². The first-order valence-electron chi connectivity index (χ1n) is 38.0. The Balaban J connectivity index is 5.14. The van der Waals surface area contributed by atoms with Gasteiger partial charge in [0.2, 0.25) is 0 Å². The lowest BCUT2D eigenvalue weighted by Crippen LogP contribution is -2.30. The van der Waals surface area contributed by atoms with Crippen molar-refractivity contribution in [2.45, 2.75) is 394 Å². The normalized spacial score (nSPS) is 14.1. The summed E-state index contributed by atoms with van der Waals surface area (Å²) in [6.07, 6.45) is 51.8. The van der Waals surface area contributed by atoms with Crippen molar-refractivity contribution < 1.29 is 80.2 Å². The first kappa shape index (κ1) is 90.1. The molecule has 0 fully saturated rings. The Hall–Kier alpha value is -1.94. The zero-order valence-corrected chi connectivity index (χ0v) is 61.6. The fourth-order valence-corrected chi connectivity index (χ4v) is 12.7. The average molecular weight is 1350 g/mol. The van der Waals surface area contributed by atoms with Gasteiger partial charge in [-0.3, -0.25) is 37.3 Å². The van der Waals surface area contributed by atoms with Gasteiger partial charge in [0.15, 0.2) is 12.2 Å². The molecule has 0 aromatic carbocycles. The molecule has 0 amide bonds. The van der Waals surface area contributed by atoms with Crippen molar-refractivity contribution in [3.63, 3.8) is 0 Å². The SMILES string of the molecule is CCCCCCCCCCCCCCCCCCCCCC(=O)O[C@H](COC(=O)CCCCCCCCCCCCCCCC(C)C)COP(=O)(O)OC[C@@H](O)COP(=O)(O)OC[C@@H](COC(=O)CCCCCCC)OC(=O)CCCCCCCCCCCC(C)C. The maximum Gasteiger partial charge on any atom is 0.472 e. The first-order valence-corrected chi connectivity index (χ1v) is 41.0. The standard InChI is InChI=1S/C73H142O17P2/c1-7-9-11-13-14-15-16-17-18-19-20-21-22-25-29-34-39-45-51-57-72(77)90-69(62-84-71(76)56-50-44-38-33-28-26-23-24-27-31-36-42-47-53-65(3)4)64-88-92(81,82)86-60-67(74)59-85-91(79,80)87-63-68(61-83-70(75)55-49-41-12-10-8-2)89-73(78)58-52-46-40-35-30-32-37-43-48-54-66(5)6/h65-69,74H,7-64H2,1-6H3,(H,79,80)(H,81,82)/t67-,68+,69+/m0/s1. The predicted octanol–water partition coefficient (Wildman–Crippen LogP) is 21.2. The van der Waals surface area contributed by atoms with E-state index < -0.39 is 97.5 Å². The number of carbonyl (C=O) groups is 4. The summed E-state index contributed by atoms with van der Waals surface area (Å²) in [6.45, 7) is 9.48. The summed E-state index contributed by atoms with van der Waals surface area (Å²) in [4.78, 5) is 72.4. The minimum Gasteiger partial charge on any atom is -0.462 e. The van der Waals surface area contributed by atoms with Gasteiger partial charge in [-0.05, 0) is 37.5 Å². The van der Waals surface area contributed by atoms with Crippen molar-refractivity contribution in [2.75, 3.05) is 39.6 Å². The zero-order valence-electron chi connectivity index (χ0n) is 59.9. The van der Waals surface area contributed by atoms with Crippen LogP contribution in [-0.4, -0.2) is 96.7 Å². The van der Waals surface area contributed by atoms with E-state index in [1.807, 2.05) is 0 Å². The molecule has 3 N–H and O–H groups in total. The monoisotopic (exact) mass is 1350 g/mol. The maximum atomic E-state index is 13.1. The van der Waals surface area contributed by atoms with E-state index in [1.54, 1.807) is 0 Å². The minimum atomic E-state index is -4.95. The van der Waals surface area contributed by atoms with Gasteiger partial charge >= 0.3 is 39.5 Å². The van der Waals surface area contributed by atoms with Crippen LogP contribution in [0.3, 0.4) is 0 Å². The van der Waals surface area contributed by atoms with E-state index in [9.17, 15) is 43.2 Å². The van der Waals surface area contributed by atoms with Crippen LogP contribution in [0.4, 0.5) is 0 Å². The Morgan fingerprint density at radius 1 is 0.293 bits per heavy atom. The molecule has 19 heteroatoms. The zero-order chi connectivity index (χ0) is 67.9. The third kappa shape index (κ3) is 66.7. The number of phosphoric acid groups is 2. The molecule has 0 aliphatic rings. The number of aliphatic hydroxyl groups is 1. The topological polar surface area (TPSA) is 237 Å². The second-order valence-corrected chi connectivity index (χ2v) is 30.2. The lowest BCUT2D eigenvalue weighted by Gasteiger charge is -2.21. The molecule has 0 bridgehead atoms. The van der Waals surface area contributed by atoms with E-state index in [1.165, 1.54) is 186 Å². The van der Waals surface area contributed by atoms with Crippen molar-refractivity contribution in [3.05, 3.63) is 0 Å². The highest BCUT2D eigenvalue weighted by Crippen LogP contribution is 2.45. The lowest BCUT2D eigenvalue weighted by molar-refractivity contribution is -0.161. The number of hydrogen-bond acceptors (Lipinski definition) is 15. The Labute approximate surface area is 562 Å². The van der Waals surface area contributed by atoms with Crippen molar-refractivity contribution in [3.8, 4) is 0 Å². The molecule has 0 aromatic heterocycles. The van der Waals surface area contributed by atoms with E-state index in [0.29, 0.717) is 25.7 Å². The van der Waals surface area contributed by atoms with Crippen LogP contribution in [0.25, 0.3) is 0 Å². The van der Waals surface area contributed by atoms with Crippen LogP contribution in [0.1, 0.15) is 375 Å². The largest absolute Gasteiger partial charge is 0.472 e. The molecule has 0 aromatic rings. The molecule has 0 rings (SSSR count). The second-order valence-electron chi connectivity index (χ2n) is 27.3. The number of unbranched alkanes of at least 4 members (excludes halogenated alkanes) is 42. The summed E-state index contributed by atoms with van der Waals surface area (Å²) in [5.41, 5.74) is 0. The molecule has 17 nitrogen and oxygen atoms in total. The Kier molecular flexibility index (Phi) is 63.7. The lowest BCUT2D eigenvalue weighted by atomic mass is 10.0. The van der Waals surface area contributed by atoms with Crippen molar-refractivity contribution >= 4 is 39.5 Å². The quantitative estimate of drug-likeness (QED) is 0.0222. The Morgan fingerprint density at radius 2 is 0.500 bits per heavy atom. The summed E-state index contributed by atoms with van der Waals surface area (Å²) in [5.74, 6) is -0.604. The molecule has 0 radical (unpaired) electrons. The van der Waals surface area contributed by atoms with Crippen molar-refractivity contribution in [2.24, 2.45) is 11.8 Å². The van der Waals surface area contributed by atoms with E-state index in [0.717, 1.165) is 108 Å². The summed E-state index contributed by atoms with van der Waals surface area (Å²) < 4.78 is 68.2. The van der Waals surface area contributed by atoms with Gasteiger partial charge in [0.1, 0.15) is 19.3 Å². The second kappa shape index (κ2) is 65.0. The van der Waals surface area contributed by atoms with E-state index in [-0.39, 0.29) is 25.7 Å². The fraction of sp³-hybridized carbons (Fsp3) is 0.945. The van der Waals surface area contributed by atoms with Gasteiger partial charge in [-0.15, -0.1) is 0 Å². The summed E-state index contributed by atoms with van der Waals surface area (Å²) in [5, 5.41) is 10.6. The highest BCUT2D eigenvalue weighted by Gasteiger charge is 2.30. The molecule has 546 valence electrons. The molecular weight excluding hydrogens is 1210 g/mol. The van der Waals surface area contributed by atoms with Crippen molar-refractivity contribution in [1.29, 1.82) is 0 Å². The highest BCUT2D eigenvalue weighted by atomic mass is 31.2. The van der Waals surface area contributed by atoms with Crippen LogP contribution in [0.2, 0.25) is 0 Å². The molecule has 0 saturated carbocycles. The number of esters is 4. The maximum absolute atomic E-state index is 13.1. The van der Waals surface area contributed by atoms with Gasteiger partial charge in [-0.25, -0.2) is 9.13 Å². The fourth-order valence-electron chi connectivity index (χ4n) is 11.1. The molecule has 0 aliphatic carbocycles. The molecule has 92 heavy (non-hydrogen) atoms. The minimum absolute atomic E-state index is 0.104. The third-order valence-electron chi connectivity index (χ3n) is 17.0. The predicted molar refractivity (Wildman–Crippen MR) is 372 cm³/mol. The molecule has 0 heterocycles. The average Bonchev–Trinajstić information content (AvgIpc) is 1.97. The first-order chi connectivity index (χ1) is 44.4. The van der Waals surface area contributed by atoms with E-state index >= 15 is 0 Å². The number of carbonyl (C=O) groups excluding carboxylic acids is 4.